The van der Waals surface area contributed by atoms with Crippen LogP contribution in [0.1, 0.15) is 0 Å². The number of carbonyl (C=O) groups is 1. The Labute approximate surface area is 97.0 Å². The molecular formula is C11H11FN2O3. The zero-order chi connectivity index (χ0) is 12.3. The number of nitrogens with one attached hydrogen (secondary N) is 1. The predicted octanol–water partition coefficient (Wildman–Crippen LogP) is 1.23. The number of carbonyl (C=O) groups excluding carboxylic acids is 1. The number of rotatable bonds is 2. The van der Waals surface area contributed by atoms with Crippen LogP contribution in [0, 0.1) is 5.82 Å². The summed E-state index contributed by atoms with van der Waals surface area (Å²) in [5.41, 5.74) is 5.86. The van der Waals surface area contributed by atoms with Crippen LogP contribution < -0.4 is 11.1 Å². The highest BCUT2D eigenvalue weighted by Gasteiger charge is 2.16. The van der Waals surface area contributed by atoms with Gasteiger partial charge in [0.1, 0.15) is 25.3 Å². The fraction of sp³-hybridized carbons (Fsp3) is 0.182. The van der Waals surface area contributed by atoms with Gasteiger partial charge < -0.3 is 20.5 Å². The molecular weight excluding hydrogens is 227 g/mol. The van der Waals surface area contributed by atoms with Crippen molar-refractivity contribution in [3.8, 4) is 0 Å². The van der Waals surface area contributed by atoms with Crippen molar-refractivity contribution in [2.75, 3.05) is 24.3 Å². The standard InChI is InChI=1S/C11H11FN2O3/c12-8-2-1-7(13)5-9(8)14-11(15)10-6-16-3-4-17-10/h1-2,5-6H,3-4,13H2,(H,14,15). The van der Waals surface area contributed by atoms with Crippen LogP contribution in [0.4, 0.5) is 15.8 Å². The number of benzene rings is 1. The van der Waals surface area contributed by atoms with Gasteiger partial charge >= 0.3 is 0 Å². The van der Waals surface area contributed by atoms with Gasteiger partial charge in [-0.05, 0) is 18.2 Å². The van der Waals surface area contributed by atoms with Crippen molar-refractivity contribution >= 4 is 17.3 Å². The van der Waals surface area contributed by atoms with Crippen LogP contribution in [0.2, 0.25) is 0 Å². The molecule has 0 fully saturated rings. The first-order valence-corrected chi connectivity index (χ1v) is 4.98. The maximum absolute atomic E-state index is 13.3. The minimum Gasteiger partial charge on any atom is -0.494 e. The molecule has 2 rings (SSSR count). The Morgan fingerprint density at radius 1 is 1.41 bits per heavy atom. The first-order valence-electron chi connectivity index (χ1n) is 4.98. The molecule has 0 spiro atoms. The molecule has 0 atom stereocenters. The van der Waals surface area contributed by atoms with E-state index in [-0.39, 0.29) is 11.4 Å². The second kappa shape index (κ2) is 4.73. The van der Waals surface area contributed by atoms with Gasteiger partial charge in [0, 0.05) is 5.69 Å². The second-order valence-corrected chi connectivity index (χ2v) is 3.39. The smallest absolute Gasteiger partial charge is 0.294 e. The van der Waals surface area contributed by atoms with Crippen molar-refractivity contribution in [1.29, 1.82) is 0 Å². The third-order valence-corrected chi connectivity index (χ3v) is 2.11. The predicted molar refractivity (Wildman–Crippen MR) is 59.4 cm³/mol. The highest BCUT2D eigenvalue weighted by Crippen LogP contribution is 2.18. The molecule has 0 radical (unpaired) electrons. The topological polar surface area (TPSA) is 73.6 Å². The SMILES string of the molecule is Nc1ccc(F)c(NC(=O)C2=COCCO2)c1. The van der Waals surface area contributed by atoms with Gasteiger partial charge in [0.2, 0.25) is 5.76 Å². The number of nitrogens with two attached hydrogens (primary N) is 1. The van der Waals surface area contributed by atoms with E-state index in [1.165, 1.54) is 24.5 Å². The van der Waals surface area contributed by atoms with Gasteiger partial charge in [0.25, 0.3) is 5.91 Å². The lowest BCUT2D eigenvalue weighted by Gasteiger charge is -2.15. The molecule has 6 heteroatoms. The molecule has 1 aromatic carbocycles. The molecule has 17 heavy (non-hydrogen) atoms. The molecule has 1 aliphatic rings. The van der Waals surface area contributed by atoms with E-state index in [1.54, 1.807) is 0 Å². The summed E-state index contributed by atoms with van der Waals surface area (Å²) >= 11 is 0. The minimum absolute atomic E-state index is 0.00470. The van der Waals surface area contributed by atoms with Crippen molar-refractivity contribution in [3.05, 3.63) is 36.0 Å². The minimum atomic E-state index is -0.575. The van der Waals surface area contributed by atoms with Crippen molar-refractivity contribution in [2.45, 2.75) is 0 Å². The number of hydrogen-bond donors (Lipinski definition) is 2. The summed E-state index contributed by atoms with van der Waals surface area (Å²) in [7, 11) is 0. The van der Waals surface area contributed by atoms with Crippen LogP contribution in [0.25, 0.3) is 0 Å². The number of hydrogen-bond acceptors (Lipinski definition) is 4. The second-order valence-electron chi connectivity index (χ2n) is 3.39. The van der Waals surface area contributed by atoms with Gasteiger partial charge in [0.15, 0.2) is 0 Å². The van der Waals surface area contributed by atoms with E-state index in [0.717, 1.165) is 0 Å². The van der Waals surface area contributed by atoms with E-state index in [2.05, 4.69) is 5.32 Å². The van der Waals surface area contributed by atoms with Gasteiger partial charge in [-0.15, -0.1) is 0 Å². The maximum atomic E-state index is 13.3. The largest absolute Gasteiger partial charge is 0.494 e. The zero-order valence-corrected chi connectivity index (χ0v) is 8.90. The van der Waals surface area contributed by atoms with Gasteiger partial charge in [-0.25, -0.2) is 4.39 Å². The van der Waals surface area contributed by atoms with Crippen LogP contribution >= 0.6 is 0 Å². The summed E-state index contributed by atoms with van der Waals surface area (Å²) < 4.78 is 23.3. The third kappa shape index (κ3) is 2.66. The van der Waals surface area contributed by atoms with Gasteiger partial charge in [-0.3, -0.25) is 4.79 Å². The summed E-state index contributed by atoms with van der Waals surface area (Å²) in [5.74, 6) is -1.13. The number of anilines is 2. The first kappa shape index (κ1) is 11.3. The van der Waals surface area contributed by atoms with E-state index in [4.69, 9.17) is 15.2 Å². The number of amides is 1. The zero-order valence-electron chi connectivity index (χ0n) is 8.90. The normalized spacial score (nSPS) is 14.3. The van der Waals surface area contributed by atoms with E-state index < -0.39 is 11.7 Å². The molecule has 0 aliphatic carbocycles. The average molecular weight is 238 g/mol. The first-order chi connectivity index (χ1) is 8.16. The Kier molecular flexibility index (Phi) is 3.13. The van der Waals surface area contributed by atoms with Crippen LogP contribution in [-0.4, -0.2) is 19.1 Å². The fourth-order valence-electron chi connectivity index (χ4n) is 1.31. The van der Waals surface area contributed by atoms with Crippen molar-refractivity contribution in [2.24, 2.45) is 0 Å². The molecule has 1 heterocycles. The van der Waals surface area contributed by atoms with Crippen LogP contribution in [0.3, 0.4) is 0 Å². The van der Waals surface area contributed by atoms with Gasteiger partial charge in [-0.1, -0.05) is 0 Å². The molecule has 0 saturated carbocycles. The Morgan fingerprint density at radius 3 is 2.94 bits per heavy atom. The summed E-state index contributed by atoms with van der Waals surface area (Å²) in [5, 5.41) is 2.35. The van der Waals surface area contributed by atoms with Crippen LogP contribution in [-0.2, 0) is 14.3 Å². The van der Waals surface area contributed by atoms with Gasteiger partial charge in [0.05, 0.1) is 5.69 Å². The van der Waals surface area contributed by atoms with E-state index in [9.17, 15) is 9.18 Å². The Bertz CT molecular complexity index is 474. The molecule has 0 bridgehead atoms. The summed E-state index contributed by atoms with van der Waals surface area (Å²) in [6.45, 7) is 0.683. The summed E-state index contributed by atoms with van der Waals surface area (Å²) in [4.78, 5) is 11.6. The lowest BCUT2D eigenvalue weighted by Crippen LogP contribution is -2.21. The molecule has 1 aromatic rings. The molecule has 0 aromatic heterocycles. The van der Waals surface area contributed by atoms with Crippen molar-refractivity contribution < 1.29 is 18.7 Å². The molecule has 5 nitrogen and oxygen atoms in total. The maximum Gasteiger partial charge on any atom is 0.294 e. The highest BCUT2D eigenvalue weighted by molar-refractivity contribution is 6.02. The summed E-state index contributed by atoms with van der Waals surface area (Å²) in [6, 6.07) is 3.92. The Morgan fingerprint density at radius 2 is 2.24 bits per heavy atom. The Hall–Kier alpha value is -2.24. The van der Waals surface area contributed by atoms with Crippen LogP contribution in [0.15, 0.2) is 30.2 Å². The van der Waals surface area contributed by atoms with E-state index >= 15 is 0 Å². The van der Waals surface area contributed by atoms with Crippen LogP contribution in [0.5, 0.6) is 0 Å². The highest BCUT2D eigenvalue weighted by atomic mass is 19.1. The molecule has 90 valence electrons. The fourth-order valence-corrected chi connectivity index (χ4v) is 1.31. The lowest BCUT2D eigenvalue weighted by atomic mass is 10.2. The van der Waals surface area contributed by atoms with Crippen molar-refractivity contribution in [3.63, 3.8) is 0 Å². The van der Waals surface area contributed by atoms with E-state index in [0.29, 0.717) is 18.9 Å². The molecule has 0 unspecified atom stereocenters. The van der Waals surface area contributed by atoms with Crippen molar-refractivity contribution in [1.82, 2.24) is 0 Å². The summed E-state index contributed by atoms with van der Waals surface area (Å²) in [6.07, 6.45) is 1.20. The third-order valence-electron chi connectivity index (χ3n) is 2.11. The molecule has 3 N–H and O–H groups in total. The number of halogens is 1. The average Bonchev–Trinajstić information content (AvgIpc) is 2.35. The van der Waals surface area contributed by atoms with E-state index in [1.807, 2.05) is 0 Å². The molecule has 1 amide bonds. The number of ether oxygens (including phenoxy) is 2. The number of nitrogen functional groups attached to an aromatic ring is 1. The quantitative estimate of drug-likeness (QED) is 0.760. The molecule has 0 saturated heterocycles. The molecule has 1 aliphatic heterocycles. The monoisotopic (exact) mass is 238 g/mol. The Balaban J connectivity index is 2.12. The lowest BCUT2D eigenvalue weighted by molar-refractivity contribution is -0.117. The van der Waals surface area contributed by atoms with Gasteiger partial charge in [-0.2, -0.15) is 0 Å².